The molecule has 0 bridgehead atoms. The highest BCUT2D eigenvalue weighted by atomic mass is 35.5. The molecule has 3 rings (SSSR count). The third-order valence-corrected chi connectivity index (χ3v) is 5.19. The van der Waals surface area contributed by atoms with Gasteiger partial charge in [-0.25, -0.2) is 0 Å². The van der Waals surface area contributed by atoms with E-state index in [0.29, 0.717) is 5.25 Å². The lowest BCUT2D eigenvalue weighted by Gasteiger charge is -2.30. The Labute approximate surface area is 123 Å². The van der Waals surface area contributed by atoms with Crippen LogP contribution in [0.1, 0.15) is 23.6 Å². The summed E-state index contributed by atoms with van der Waals surface area (Å²) in [7, 11) is 0. The second-order valence-electron chi connectivity index (χ2n) is 4.88. The van der Waals surface area contributed by atoms with Crippen molar-refractivity contribution in [2.24, 2.45) is 5.73 Å². The van der Waals surface area contributed by atoms with E-state index in [0.717, 1.165) is 17.9 Å². The molecule has 19 heavy (non-hydrogen) atoms. The normalized spacial score (nSPS) is 22.0. The highest BCUT2D eigenvalue weighted by Gasteiger charge is 2.27. The number of fused-ring (bicyclic) bond motifs is 1. The zero-order chi connectivity index (χ0) is 13.2. The Hall–Kier alpha value is -0.960. The number of halogens is 1. The van der Waals surface area contributed by atoms with Crippen molar-refractivity contribution >= 4 is 23.4 Å². The van der Waals surface area contributed by atoms with Gasteiger partial charge in [-0.1, -0.05) is 41.9 Å². The second-order valence-corrected chi connectivity index (χ2v) is 6.63. The molecule has 0 fully saturated rings. The average molecular weight is 290 g/mol. The summed E-state index contributed by atoms with van der Waals surface area (Å²) in [6, 6.07) is 16.6. The van der Waals surface area contributed by atoms with E-state index in [9.17, 15) is 0 Å². The van der Waals surface area contributed by atoms with Gasteiger partial charge in [0.1, 0.15) is 0 Å². The van der Waals surface area contributed by atoms with Crippen molar-refractivity contribution in [2.45, 2.75) is 29.0 Å². The van der Waals surface area contributed by atoms with Crippen LogP contribution in [0.15, 0.2) is 53.4 Å². The molecule has 0 saturated heterocycles. The molecule has 1 aliphatic rings. The molecule has 0 amide bonds. The van der Waals surface area contributed by atoms with Crippen LogP contribution >= 0.6 is 23.4 Å². The van der Waals surface area contributed by atoms with Gasteiger partial charge in [-0.3, -0.25) is 0 Å². The molecule has 2 aromatic rings. The molecule has 0 heterocycles. The molecule has 0 aliphatic heterocycles. The molecule has 98 valence electrons. The van der Waals surface area contributed by atoms with Crippen LogP contribution in [0.2, 0.25) is 5.02 Å². The molecule has 0 aromatic heterocycles. The third-order valence-electron chi connectivity index (χ3n) is 3.60. The smallest absolute Gasteiger partial charge is 0.0421 e. The van der Waals surface area contributed by atoms with Crippen molar-refractivity contribution in [1.82, 2.24) is 0 Å². The van der Waals surface area contributed by atoms with Gasteiger partial charge in [-0.2, -0.15) is 0 Å². The number of aryl methyl sites for hydroxylation is 1. The van der Waals surface area contributed by atoms with Crippen LogP contribution in [-0.4, -0.2) is 5.25 Å². The predicted octanol–water partition coefficient (Wildman–Crippen LogP) is 4.45. The van der Waals surface area contributed by atoms with Gasteiger partial charge >= 0.3 is 0 Å². The Morgan fingerprint density at radius 3 is 2.79 bits per heavy atom. The van der Waals surface area contributed by atoms with Crippen LogP contribution in [0.5, 0.6) is 0 Å². The molecule has 0 spiro atoms. The van der Waals surface area contributed by atoms with Gasteiger partial charge in [0.05, 0.1) is 0 Å². The minimum absolute atomic E-state index is 0.105. The lowest BCUT2D eigenvalue weighted by atomic mass is 9.88. The summed E-state index contributed by atoms with van der Waals surface area (Å²) in [5.74, 6) is 0. The van der Waals surface area contributed by atoms with E-state index in [-0.39, 0.29) is 6.04 Å². The molecule has 2 aromatic carbocycles. The van der Waals surface area contributed by atoms with E-state index in [2.05, 4.69) is 30.3 Å². The Balaban J connectivity index is 1.81. The first kappa shape index (κ1) is 13.0. The molecule has 3 heteroatoms. The fraction of sp³-hybridized carbons (Fsp3) is 0.250. The van der Waals surface area contributed by atoms with Gasteiger partial charge in [0.15, 0.2) is 0 Å². The fourth-order valence-corrected chi connectivity index (χ4v) is 4.10. The molecule has 2 unspecified atom stereocenters. The highest BCUT2D eigenvalue weighted by Crippen LogP contribution is 2.39. The Morgan fingerprint density at radius 2 is 1.95 bits per heavy atom. The van der Waals surface area contributed by atoms with E-state index in [1.54, 1.807) is 0 Å². The maximum atomic E-state index is 6.42. The Bertz CT molecular complexity index is 584. The molecule has 0 saturated carbocycles. The topological polar surface area (TPSA) is 26.0 Å². The van der Waals surface area contributed by atoms with E-state index in [1.165, 1.54) is 16.0 Å². The molecule has 2 atom stereocenters. The molecule has 1 nitrogen and oxygen atoms in total. The molecule has 2 N–H and O–H groups in total. The zero-order valence-electron chi connectivity index (χ0n) is 10.6. The Morgan fingerprint density at radius 1 is 1.11 bits per heavy atom. The average Bonchev–Trinajstić information content (AvgIpc) is 2.42. The standard InChI is InChI=1S/C16H16ClNS/c17-12-5-3-6-13(10-12)19-15-9-8-11-4-1-2-7-14(11)16(15)18/h1-7,10,15-16H,8-9,18H2. The number of nitrogens with two attached hydrogens (primary N) is 1. The minimum Gasteiger partial charge on any atom is -0.323 e. The van der Waals surface area contributed by atoms with Crippen LogP contribution in [0.25, 0.3) is 0 Å². The fourth-order valence-electron chi connectivity index (χ4n) is 2.61. The van der Waals surface area contributed by atoms with Crippen LogP contribution in [0.3, 0.4) is 0 Å². The van der Waals surface area contributed by atoms with Crippen LogP contribution in [0, 0.1) is 0 Å². The van der Waals surface area contributed by atoms with E-state index in [4.69, 9.17) is 17.3 Å². The lowest BCUT2D eigenvalue weighted by Crippen LogP contribution is -2.29. The number of hydrogen-bond acceptors (Lipinski definition) is 2. The van der Waals surface area contributed by atoms with Gasteiger partial charge < -0.3 is 5.73 Å². The highest BCUT2D eigenvalue weighted by molar-refractivity contribution is 8.00. The SMILES string of the molecule is NC1c2ccccc2CCC1Sc1cccc(Cl)c1. The molecule has 0 radical (unpaired) electrons. The van der Waals surface area contributed by atoms with Crippen molar-refractivity contribution in [1.29, 1.82) is 0 Å². The predicted molar refractivity (Wildman–Crippen MR) is 82.8 cm³/mol. The van der Waals surface area contributed by atoms with E-state index < -0.39 is 0 Å². The van der Waals surface area contributed by atoms with Gasteiger partial charge in [-0.15, -0.1) is 11.8 Å². The summed E-state index contributed by atoms with van der Waals surface area (Å²) in [5.41, 5.74) is 9.12. The van der Waals surface area contributed by atoms with Crippen molar-refractivity contribution in [2.75, 3.05) is 0 Å². The van der Waals surface area contributed by atoms with Crippen molar-refractivity contribution < 1.29 is 0 Å². The maximum Gasteiger partial charge on any atom is 0.0421 e. The summed E-state index contributed by atoms with van der Waals surface area (Å²) >= 11 is 7.88. The third kappa shape index (κ3) is 2.81. The number of rotatable bonds is 2. The van der Waals surface area contributed by atoms with Crippen LogP contribution in [-0.2, 0) is 6.42 Å². The summed E-state index contributed by atoms with van der Waals surface area (Å²) in [5, 5.41) is 1.21. The molecular formula is C16H16ClNS. The Kier molecular flexibility index (Phi) is 3.83. The van der Waals surface area contributed by atoms with Crippen molar-refractivity contribution in [3.63, 3.8) is 0 Å². The second kappa shape index (κ2) is 5.58. The van der Waals surface area contributed by atoms with Crippen molar-refractivity contribution in [3.05, 3.63) is 64.7 Å². The summed E-state index contributed by atoms with van der Waals surface area (Å²) in [6.45, 7) is 0. The summed E-state index contributed by atoms with van der Waals surface area (Å²) < 4.78 is 0. The van der Waals surface area contributed by atoms with E-state index in [1.807, 2.05) is 30.0 Å². The lowest BCUT2D eigenvalue weighted by molar-refractivity contribution is 0.587. The number of hydrogen-bond donors (Lipinski definition) is 1. The first-order valence-corrected chi connectivity index (χ1v) is 7.75. The van der Waals surface area contributed by atoms with Gasteiger partial charge in [0.2, 0.25) is 0 Å². The molecular weight excluding hydrogens is 274 g/mol. The van der Waals surface area contributed by atoms with Gasteiger partial charge in [0.25, 0.3) is 0 Å². The van der Waals surface area contributed by atoms with Crippen molar-refractivity contribution in [3.8, 4) is 0 Å². The van der Waals surface area contributed by atoms with Gasteiger partial charge in [0, 0.05) is 21.2 Å². The van der Waals surface area contributed by atoms with Gasteiger partial charge in [-0.05, 0) is 42.2 Å². The maximum absolute atomic E-state index is 6.42. The van der Waals surface area contributed by atoms with Crippen LogP contribution in [0.4, 0.5) is 0 Å². The number of thioether (sulfide) groups is 1. The quantitative estimate of drug-likeness (QED) is 0.884. The first-order valence-electron chi connectivity index (χ1n) is 6.49. The summed E-state index contributed by atoms with van der Waals surface area (Å²) in [4.78, 5) is 1.20. The molecule has 1 aliphatic carbocycles. The zero-order valence-corrected chi connectivity index (χ0v) is 12.1. The summed E-state index contributed by atoms with van der Waals surface area (Å²) in [6.07, 6.45) is 2.23. The first-order chi connectivity index (χ1) is 9.24. The number of benzene rings is 2. The monoisotopic (exact) mass is 289 g/mol. The van der Waals surface area contributed by atoms with E-state index >= 15 is 0 Å². The largest absolute Gasteiger partial charge is 0.323 e. The minimum atomic E-state index is 0.105. The van der Waals surface area contributed by atoms with Crippen LogP contribution < -0.4 is 5.73 Å².